The lowest BCUT2D eigenvalue weighted by molar-refractivity contribution is -0.131. The minimum absolute atomic E-state index is 0.338. The van der Waals surface area contributed by atoms with Gasteiger partial charge in [0.15, 0.2) is 0 Å². The van der Waals surface area contributed by atoms with Gasteiger partial charge in [-0.25, -0.2) is 0 Å². The van der Waals surface area contributed by atoms with Crippen LogP contribution in [0.1, 0.15) is 18.1 Å². The standard InChI is InChI=1S/C16H12BrClO2/c1-11(19)20-16-5-3-2-4-12(16)6-7-13-10-14(18)8-9-15(13)17/h2-10H,1H3. The molecule has 0 spiro atoms. The molecule has 2 nitrogen and oxygen atoms in total. The molecule has 0 fully saturated rings. The van der Waals surface area contributed by atoms with Crippen LogP contribution < -0.4 is 4.74 Å². The highest BCUT2D eigenvalue weighted by atomic mass is 79.9. The fraction of sp³-hybridized carbons (Fsp3) is 0.0625. The first-order valence-electron chi connectivity index (χ1n) is 5.97. The highest BCUT2D eigenvalue weighted by Crippen LogP contribution is 2.25. The first kappa shape index (κ1) is 14.8. The average molecular weight is 352 g/mol. The van der Waals surface area contributed by atoms with E-state index in [9.17, 15) is 4.79 Å². The van der Waals surface area contributed by atoms with Gasteiger partial charge in [-0.05, 0) is 29.8 Å². The van der Waals surface area contributed by atoms with Gasteiger partial charge in [0.2, 0.25) is 0 Å². The highest BCUT2D eigenvalue weighted by Gasteiger charge is 2.03. The molecule has 0 saturated heterocycles. The minimum atomic E-state index is -0.338. The topological polar surface area (TPSA) is 26.3 Å². The maximum Gasteiger partial charge on any atom is 0.308 e. The Balaban J connectivity index is 2.31. The summed E-state index contributed by atoms with van der Waals surface area (Å²) in [5.74, 6) is 0.198. The molecule has 0 heterocycles. The molecule has 4 heteroatoms. The molecule has 0 amide bonds. The summed E-state index contributed by atoms with van der Waals surface area (Å²) in [5, 5.41) is 0.668. The summed E-state index contributed by atoms with van der Waals surface area (Å²) < 4.78 is 6.11. The Morgan fingerprint density at radius 3 is 2.60 bits per heavy atom. The van der Waals surface area contributed by atoms with E-state index in [2.05, 4.69) is 15.9 Å². The Hall–Kier alpha value is -1.58. The second-order valence-corrected chi connectivity index (χ2v) is 5.42. The van der Waals surface area contributed by atoms with Gasteiger partial charge in [0.1, 0.15) is 5.75 Å². The summed E-state index contributed by atoms with van der Waals surface area (Å²) in [4.78, 5) is 11.1. The zero-order valence-electron chi connectivity index (χ0n) is 10.8. The fourth-order valence-corrected chi connectivity index (χ4v) is 2.25. The second-order valence-electron chi connectivity index (χ2n) is 4.13. The van der Waals surface area contributed by atoms with E-state index in [0.717, 1.165) is 15.6 Å². The number of hydrogen-bond donors (Lipinski definition) is 0. The van der Waals surface area contributed by atoms with E-state index < -0.39 is 0 Å². The van der Waals surface area contributed by atoms with Gasteiger partial charge in [-0.1, -0.05) is 57.9 Å². The Bertz CT molecular complexity index is 665. The van der Waals surface area contributed by atoms with Crippen molar-refractivity contribution in [3.05, 3.63) is 63.1 Å². The van der Waals surface area contributed by atoms with Crippen molar-refractivity contribution >= 4 is 45.7 Å². The molecule has 2 aromatic rings. The number of esters is 1. The Labute approximate surface area is 131 Å². The quantitative estimate of drug-likeness (QED) is 0.432. The van der Waals surface area contributed by atoms with Crippen LogP contribution in [0.15, 0.2) is 46.9 Å². The van der Waals surface area contributed by atoms with E-state index in [1.54, 1.807) is 6.07 Å². The summed E-state index contributed by atoms with van der Waals surface area (Å²) in [6, 6.07) is 12.9. The first-order chi connectivity index (χ1) is 9.56. The van der Waals surface area contributed by atoms with Gasteiger partial charge in [0.05, 0.1) is 0 Å². The zero-order chi connectivity index (χ0) is 14.5. The van der Waals surface area contributed by atoms with E-state index in [4.69, 9.17) is 16.3 Å². The Morgan fingerprint density at radius 2 is 1.85 bits per heavy atom. The molecule has 0 unspecified atom stereocenters. The van der Waals surface area contributed by atoms with Crippen LogP contribution in [-0.4, -0.2) is 5.97 Å². The molecule has 20 heavy (non-hydrogen) atoms. The molecular formula is C16H12BrClO2. The molecule has 0 bridgehead atoms. The smallest absolute Gasteiger partial charge is 0.308 e. The lowest BCUT2D eigenvalue weighted by atomic mass is 10.1. The van der Waals surface area contributed by atoms with Crippen molar-refractivity contribution in [1.82, 2.24) is 0 Å². The van der Waals surface area contributed by atoms with Crippen molar-refractivity contribution in [2.45, 2.75) is 6.92 Å². The van der Waals surface area contributed by atoms with Gasteiger partial charge in [-0.15, -0.1) is 0 Å². The number of para-hydroxylation sites is 1. The van der Waals surface area contributed by atoms with Crippen LogP contribution in [0.5, 0.6) is 5.75 Å². The molecule has 0 aliphatic rings. The first-order valence-corrected chi connectivity index (χ1v) is 7.14. The number of carbonyl (C=O) groups is 1. The largest absolute Gasteiger partial charge is 0.426 e. The lowest BCUT2D eigenvalue weighted by Crippen LogP contribution is -2.02. The van der Waals surface area contributed by atoms with Crippen molar-refractivity contribution in [2.24, 2.45) is 0 Å². The van der Waals surface area contributed by atoms with Gasteiger partial charge < -0.3 is 4.74 Å². The third-order valence-corrected chi connectivity index (χ3v) is 3.53. The summed E-state index contributed by atoms with van der Waals surface area (Å²) in [5.41, 5.74) is 1.78. The second kappa shape index (κ2) is 6.73. The molecule has 2 rings (SSSR count). The average Bonchev–Trinajstić information content (AvgIpc) is 2.41. The Kier molecular flexibility index (Phi) is 4.99. The van der Waals surface area contributed by atoms with Crippen LogP contribution in [0.2, 0.25) is 5.02 Å². The summed E-state index contributed by atoms with van der Waals surface area (Å²) in [6.07, 6.45) is 3.80. The summed E-state index contributed by atoms with van der Waals surface area (Å²) in [6.45, 7) is 1.38. The number of ether oxygens (including phenoxy) is 1. The van der Waals surface area contributed by atoms with Crippen molar-refractivity contribution < 1.29 is 9.53 Å². The molecule has 0 aromatic heterocycles. The van der Waals surface area contributed by atoms with Gasteiger partial charge in [0, 0.05) is 22.0 Å². The normalized spacial score (nSPS) is 10.8. The number of rotatable bonds is 3. The predicted octanol–water partition coefficient (Wildman–Crippen LogP) is 5.20. The highest BCUT2D eigenvalue weighted by molar-refractivity contribution is 9.10. The van der Waals surface area contributed by atoms with E-state index in [1.165, 1.54) is 6.92 Å². The van der Waals surface area contributed by atoms with Crippen LogP contribution in [0.25, 0.3) is 12.2 Å². The Morgan fingerprint density at radius 1 is 1.15 bits per heavy atom. The van der Waals surface area contributed by atoms with Crippen molar-refractivity contribution in [3.8, 4) is 5.75 Å². The zero-order valence-corrected chi connectivity index (χ0v) is 13.1. The molecule has 0 aliphatic heterocycles. The predicted molar refractivity (Wildman–Crippen MR) is 85.8 cm³/mol. The molecule has 0 N–H and O–H groups in total. The SMILES string of the molecule is CC(=O)Oc1ccccc1C=Cc1cc(Cl)ccc1Br. The number of halogens is 2. The maximum absolute atomic E-state index is 11.1. The molecule has 0 aliphatic carbocycles. The molecular weight excluding hydrogens is 340 g/mol. The van der Waals surface area contributed by atoms with E-state index in [1.807, 2.05) is 48.6 Å². The van der Waals surface area contributed by atoms with Crippen LogP contribution in [0.3, 0.4) is 0 Å². The van der Waals surface area contributed by atoms with E-state index >= 15 is 0 Å². The van der Waals surface area contributed by atoms with Crippen LogP contribution in [-0.2, 0) is 4.79 Å². The summed E-state index contributed by atoms with van der Waals surface area (Å²) in [7, 11) is 0. The fourth-order valence-electron chi connectivity index (χ4n) is 1.69. The summed E-state index contributed by atoms with van der Waals surface area (Å²) >= 11 is 9.44. The van der Waals surface area contributed by atoms with Crippen LogP contribution in [0, 0.1) is 0 Å². The van der Waals surface area contributed by atoms with Crippen molar-refractivity contribution in [3.63, 3.8) is 0 Å². The monoisotopic (exact) mass is 350 g/mol. The lowest BCUT2D eigenvalue weighted by Gasteiger charge is -2.05. The molecule has 2 aromatic carbocycles. The molecule has 102 valence electrons. The third kappa shape index (κ3) is 3.95. The number of hydrogen-bond acceptors (Lipinski definition) is 2. The minimum Gasteiger partial charge on any atom is -0.426 e. The van der Waals surface area contributed by atoms with Crippen LogP contribution in [0.4, 0.5) is 0 Å². The van der Waals surface area contributed by atoms with Gasteiger partial charge in [-0.3, -0.25) is 4.79 Å². The third-order valence-electron chi connectivity index (χ3n) is 2.57. The van der Waals surface area contributed by atoms with E-state index in [-0.39, 0.29) is 5.97 Å². The molecule has 0 radical (unpaired) electrons. The molecule has 0 saturated carbocycles. The molecule has 0 atom stereocenters. The number of benzene rings is 2. The van der Waals surface area contributed by atoms with Crippen molar-refractivity contribution in [2.75, 3.05) is 0 Å². The van der Waals surface area contributed by atoms with Gasteiger partial charge in [-0.2, -0.15) is 0 Å². The maximum atomic E-state index is 11.1. The van der Waals surface area contributed by atoms with Gasteiger partial charge in [0.25, 0.3) is 0 Å². The number of carbonyl (C=O) groups excluding carboxylic acids is 1. The van der Waals surface area contributed by atoms with Gasteiger partial charge >= 0.3 is 5.97 Å². The van der Waals surface area contributed by atoms with E-state index in [0.29, 0.717) is 10.8 Å². The van der Waals surface area contributed by atoms with Crippen LogP contribution >= 0.6 is 27.5 Å². The van der Waals surface area contributed by atoms with Crippen molar-refractivity contribution in [1.29, 1.82) is 0 Å².